The van der Waals surface area contributed by atoms with Gasteiger partial charge in [-0.3, -0.25) is 4.79 Å². The Morgan fingerprint density at radius 2 is 1.46 bits per heavy atom. The minimum absolute atomic E-state index is 0.426. The lowest BCUT2D eigenvalue weighted by Crippen LogP contribution is -2.02. The number of nitrogens with zero attached hydrogens (tertiary/aromatic N) is 2. The number of ether oxygens (including phenoxy) is 4. The zero-order valence-electron chi connectivity index (χ0n) is 19.9. The van der Waals surface area contributed by atoms with Crippen molar-refractivity contribution in [1.29, 1.82) is 0 Å². The number of rotatable bonds is 8. The molecule has 4 aromatic rings. The van der Waals surface area contributed by atoms with E-state index in [2.05, 4.69) is 20.2 Å². The highest BCUT2D eigenvalue weighted by Gasteiger charge is 2.05. The standard InChI is InChI=1S/C12H14N2O3.C9H10O3.C3H4N2O/c1-15-10-4-3-9(11(7-10)16-2)8-13-12-5-6-17-14-12;1-11-8-4-3-7(6-10)9(5-8)12-2;4-3-1-2-6-5-3/h3-7H,8H2,1-2H3,(H,13,14);3-6H,1-2H3;1-2H,(H2,4,5). The van der Waals surface area contributed by atoms with Gasteiger partial charge in [0.2, 0.25) is 0 Å². The Balaban J connectivity index is 0.000000207. The Bertz CT molecular complexity index is 1130. The molecule has 186 valence electrons. The van der Waals surface area contributed by atoms with Gasteiger partial charge >= 0.3 is 0 Å². The molecule has 0 aliphatic rings. The van der Waals surface area contributed by atoms with Gasteiger partial charge in [-0.05, 0) is 24.3 Å². The van der Waals surface area contributed by atoms with E-state index in [9.17, 15) is 4.79 Å². The van der Waals surface area contributed by atoms with Gasteiger partial charge in [0.05, 0.1) is 34.0 Å². The third-order valence-electron chi connectivity index (χ3n) is 4.42. The molecule has 3 N–H and O–H groups in total. The van der Waals surface area contributed by atoms with Crippen LogP contribution in [0, 0.1) is 0 Å². The monoisotopic (exact) mass is 484 g/mol. The number of nitrogens with two attached hydrogens (primary N) is 1. The van der Waals surface area contributed by atoms with E-state index in [0.717, 1.165) is 23.3 Å². The highest BCUT2D eigenvalue weighted by Crippen LogP contribution is 2.25. The summed E-state index contributed by atoms with van der Waals surface area (Å²) >= 11 is 0. The van der Waals surface area contributed by atoms with Crippen LogP contribution in [0.1, 0.15) is 15.9 Å². The number of benzene rings is 2. The summed E-state index contributed by atoms with van der Waals surface area (Å²) in [6, 6.07) is 14.1. The number of nitrogens with one attached hydrogen (secondary N) is 1. The van der Waals surface area contributed by atoms with Gasteiger partial charge < -0.3 is 39.0 Å². The first-order valence-electron chi connectivity index (χ1n) is 10.2. The second kappa shape index (κ2) is 14.5. The van der Waals surface area contributed by atoms with E-state index < -0.39 is 0 Å². The van der Waals surface area contributed by atoms with Crippen LogP contribution in [-0.2, 0) is 6.54 Å². The molecular formula is C24H28N4O7. The summed E-state index contributed by atoms with van der Waals surface area (Å²) in [6.07, 6.45) is 3.70. The molecule has 2 aromatic heterocycles. The molecule has 11 heteroatoms. The van der Waals surface area contributed by atoms with Gasteiger partial charge in [-0.1, -0.05) is 10.3 Å². The van der Waals surface area contributed by atoms with E-state index in [0.29, 0.717) is 35.2 Å². The molecule has 0 saturated heterocycles. The first-order valence-corrected chi connectivity index (χ1v) is 10.2. The van der Waals surface area contributed by atoms with Crippen LogP contribution in [0.25, 0.3) is 0 Å². The first-order chi connectivity index (χ1) is 17.0. The zero-order chi connectivity index (χ0) is 25.5. The van der Waals surface area contributed by atoms with E-state index >= 15 is 0 Å². The van der Waals surface area contributed by atoms with Crippen LogP contribution < -0.4 is 30.0 Å². The van der Waals surface area contributed by atoms with Gasteiger partial charge in [-0.2, -0.15) is 0 Å². The van der Waals surface area contributed by atoms with Crippen LogP contribution in [0.15, 0.2) is 70.1 Å². The lowest BCUT2D eigenvalue weighted by Gasteiger charge is -2.10. The average Bonchev–Trinajstić information content (AvgIpc) is 3.61. The van der Waals surface area contributed by atoms with E-state index in [1.807, 2.05) is 18.2 Å². The third kappa shape index (κ3) is 8.65. The SMILES string of the molecule is COc1ccc(C=O)c(OC)c1.COc1ccc(CNc2ccon2)c(OC)c1.Nc1ccon1. The highest BCUT2D eigenvalue weighted by molar-refractivity contribution is 5.79. The molecule has 0 aliphatic heterocycles. The third-order valence-corrected chi connectivity index (χ3v) is 4.42. The van der Waals surface area contributed by atoms with Gasteiger partial charge in [0.25, 0.3) is 0 Å². The second-order valence-corrected chi connectivity index (χ2v) is 6.57. The fourth-order valence-electron chi connectivity index (χ4n) is 2.63. The molecule has 11 nitrogen and oxygen atoms in total. The smallest absolute Gasteiger partial charge is 0.169 e. The van der Waals surface area contributed by atoms with Crippen molar-refractivity contribution in [2.45, 2.75) is 6.54 Å². The molecule has 0 atom stereocenters. The average molecular weight is 485 g/mol. The van der Waals surface area contributed by atoms with Gasteiger partial charge in [-0.25, -0.2) is 0 Å². The Labute approximate surface area is 202 Å². The summed E-state index contributed by atoms with van der Waals surface area (Å²) < 4.78 is 29.4. The molecule has 0 saturated carbocycles. The second-order valence-electron chi connectivity index (χ2n) is 6.57. The molecule has 0 spiro atoms. The number of carbonyl (C=O) groups is 1. The Morgan fingerprint density at radius 1 is 0.829 bits per heavy atom. The summed E-state index contributed by atoms with van der Waals surface area (Å²) in [5.74, 6) is 3.88. The van der Waals surface area contributed by atoms with Crippen molar-refractivity contribution in [3.63, 3.8) is 0 Å². The normalized spacial score (nSPS) is 9.49. The van der Waals surface area contributed by atoms with E-state index in [-0.39, 0.29) is 0 Å². The van der Waals surface area contributed by atoms with Crippen molar-refractivity contribution in [2.24, 2.45) is 0 Å². The minimum atomic E-state index is 0.426. The van der Waals surface area contributed by atoms with Crippen LogP contribution in [0.3, 0.4) is 0 Å². The molecule has 35 heavy (non-hydrogen) atoms. The zero-order valence-corrected chi connectivity index (χ0v) is 19.9. The number of carbonyl (C=O) groups excluding carboxylic acids is 1. The first kappa shape index (κ1) is 26.6. The van der Waals surface area contributed by atoms with Crippen LogP contribution >= 0.6 is 0 Å². The van der Waals surface area contributed by atoms with Crippen molar-refractivity contribution < 1.29 is 32.8 Å². The topological polar surface area (TPSA) is 144 Å². The number of hydrogen-bond acceptors (Lipinski definition) is 11. The molecule has 0 fully saturated rings. The summed E-state index contributed by atoms with van der Waals surface area (Å²) in [4.78, 5) is 10.5. The lowest BCUT2D eigenvalue weighted by atomic mass is 10.2. The van der Waals surface area contributed by atoms with E-state index in [4.69, 9.17) is 29.2 Å². The maximum atomic E-state index is 10.5. The van der Waals surface area contributed by atoms with Crippen molar-refractivity contribution in [2.75, 3.05) is 39.5 Å². The summed E-state index contributed by atoms with van der Waals surface area (Å²) in [6.45, 7) is 0.611. The Hall–Kier alpha value is -4.67. The highest BCUT2D eigenvalue weighted by atomic mass is 16.5. The molecular weight excluding hydrogens is 456 g/mol. The predicted octanol–water partition coefficient (Wildman–Crippen LogP) is 4.08. The number of methoxy groups -OCH3 is 4. The number of hydrogen-bond donors (Lipinski definition) is 2. The van der Waals surface area contributed by atoms with Crippen molar-refractivity contribution in [3.05, 3.63) is 72.2 Å². The van der Waals surface area contributed by atoms with Gasteiger partial charge in [0.1, 0.15) is 35.5 Å². The van der Waals surface area contributed by atoms with Crippen molar-refractivity contribution >= 4 is 17.9 Å². The number of aldehydes is 1. The van der Waals surface area contributed by atoms with Crippen LogP contribution in [0.4, 0.5) is 11.6 Å². The number of aromatic nitrogens is 2. The largest absolute Gasteiger partial charge is 0.497 e. The summed E-state index contributed by atoms with van der Waals surface area (Å²) in [7, 11) is 6.34. The minimum Gasteiger partial charge on any atom is -0.497 e. The molecule has 0 unspecified atom stereocenters. The maximum absolute atomic E-state index is 10.5. The number of anilines is 2. The van der Waals surface area contributed by atoms with Gasteiger partial charge in [0, 0.05) is 36.4 Å². The molecule has 0 aliphatic carbocycles. The van der Waals surface area contributed by atoms with Crippen molar-refractivity contribution in [1.82, 2.24) is 10.3 Å². The fourth-order valence-corrected chi connectivity index (χ4v) is 2.63. The molecule has 0 amide bonds. The Kier molecular flexibility index (Phi) is 11.0. The summed E-state index contributed by atoms with van der Waals surface area (Å²) in [5.41, 5.74) is 6.62. The molecule has 0 bridgehead atoms. The molecule has 0 radical (unpaired) electrons. The van der Waals surface area contributed by atoms with Crippen LogP contribution in [-0.4, -0.2) is 45.0 Å². The number of nitrogen functional groups attached to an aromatic ring is 1. The van der Waals surface area contributed by atoms with Crippen LogP contribution in [0.5, 0.6) is 23.0 Å². The molecule has 4 rings (SSSR count). The van der Waals surface area contributed by atoms with Gasteiger partial charge in [0.15, 0.2) is 17.9 Å². The molecule has 2 heterocycles. The fraction of sp³-hybridized carbons (Fsp3) is 0.208. The Morgan fingerprint density at radius 3 is 1.94 bits per heavy atom. The van der Waals surface area contributed by atoms with Gasteiger partial charge in [-0.15, -0.1) is 0 Å². The van der Waals surface area contributed by atoms with E-state index in [1.165, 1.54) is 19.6 Å². The predicted molar refractivity (Wildman–Crippen MR) is 129 cm³/mol. The van der Waals surface area contributed by atoms with Crippen molar-refractivity contribution in [3.8, 4) is 23.0 Å². The molecule has 2 aromatic carbocycles. The van der Waals surface area contributed by atoms with Crippen LogP contribution in [0.2, 0.25) is 0 Å². The quantitative estimate of drug-likeness (QED) is 0.349. The lowest BCUT2D eigenvalue weighted by molar-refractivity contribution is 0.112. The maximum Gasteiger partial charge on any atom is 0.169 e. The summed E-state index contributed by atoms with van der Waals surface area (Å²) in [5, 5.41) is 10.2. The van der Waals surface area contributed by atoms with E-state index in [1.54, 1.807) is 51.7 Å².